The van der Waals surface area contributed by atoms with E-state index in [2.05, 4.69) is 94.2 Å². The number of fused-ring (bicyclic) bond motifs is 2. The van der Waals surface area contributed by atoms with E-state index in [0.717, 1.165) is 23.2 Å². The lowest BCUT2D eigenvalue weighted by Crippen LogP contribution is -2.12. The Morgan fingerprint density at radius 2 is 1.70 bits per heavy atom. The summed E-state index contributed by atoms with van der Waals surface area (Å²) in [6.45, 7) is 11.4. The van der Waals surface area contributed by atoms with Crippen molar-refractivity contribution in [1.29, 1.82) is 0 Å². The van der Waals surface area contributed by atoms with Gasteiger partial charge in [0.05, 0.1) is 10.4 Å². The van der Waals surface area contributed by atoms with Crippen molar-refractivity contribution >= 4 is 32.2 Å². The van der Waals surface area contributed by atoms with E-state index in [9.17, 15) is 0 Å². The maximum absolute atomic E-state index is 4.77. The number of aromatic nitrogens is 2. The van der Waals surface area contributed by atoms with Gasteiger partial charge in [-0.3, -0.25) is 9.97 Å². The molecule has 0 atom stereocenters. The van der Waals surface area contributed by atoms with Crippen LogP contribution in [-0.2, 0) is 11.8 Å². The minimum atomic E-state index is 0.0478. The van der Waals surface area contributed by atoms with Crippen molar-refractivity contribution in [2.45, 2.75) is 46.5 Å². The monoisotopic (exact) mass is 450 g/mol. The summed E-state index contributed by atoms with van der Waals surface area (Å²) in [4.78, 5) is 10.8. The molecule has 0 saturated heterocycles. The van der Waals surface area contributed by atoms with Crippen LogP contribution in [-0.4, -0.2) is 9.97 Å². The van der Waals surface area contributed by atoms with Gasteiger partial charge in [-0.05, 0) is 70.0 Å². The second-order valence-corrected chi connectivity index (χ2v) is 11.5. The van der Waals surface area contributed by atoms with Crippen molar-refractivity contribution in [2.24, 2.45) is 5.92 Å². The highest BCUT2D eigenvalue weighted by atomic mass is 32.1. The normalized spacial score (nSPS) is 12.2. The van der Waals surface area contributed by atoms with E-state index in [1.807, 2.05) is 29.9 Å². The van der Waals surface area contributed by atoms with Crippen LogP contribution in [0.2, 0.25) is 0 Å². The molecule has 0 aliphatic carbocycles. The minimum Gasteiger partial charge on any atom is -0.263 e. The van der Waals surface area contributed by atoms with Gasteiger partial charge in [-0.15, -0.1) is 11.3 Å². The Balaban J connectivity index is 1.64. The zero-order valence-electron chi connectivity index (χ0n) is 20.0. The average molecular weight is 451 g/mol. The molecule has 5 rings (SSSR count). The molecule has 0 amide bonds. The molecule has 2 aromatic carbocycles. The third-order valence-corrected chi connectivity index (χ3v) is 7.24. The van der Waals surface area contributed by atoms with E-state index >= 15 is 0 Å². The summed E-state index contributed by atoms with van der Waals surface area (Å²) in [5.74, 6) is 0.645. The van der Waals surface area contributed by atoms with Gasteiger partial charge in [-0.25, -0.2) is 0 Å². The van der Waals surface area contributed by atoms with Gasteiger partial charge in [0.2, 0.25) is 0 Å². The number of thiophene rings is 1. The third-order valence-electron chi connectivity index (χ3n) is 6.14. The first-order valence-corrected chi connectivity index (χ1v) is 12.5. The van der Waals surface area contributed by atoms with E-state index < -0.39 is 0 Å². The molecular weight excluding hydrogens is 420 g/mol. The lowest BCUT2D eigenvalue weighted by atomic mass is 9.82. The van der Waals surface area contributed by atoms with E-state index in [-0.39, 0.29) is 5.41 Å². The van der Waals surface area contributed by atoms with Crippen molar-refractivity contribution in [3.05, 3.63) is 83.6 Å². The standard InChI is InChI=1S/C30H30N2S/c1-19(2)12-23-16-25-26(17-31-18-29(25)33-23)21-10-11-32-28(15-21)22-13-20-8-6-7-9-24(20)27(14-22)30(3,4)5/h6-11,13-19H,12H2,1-5H3. The Labute approximate surface area is 200 Å². The zero-order valence-corrected chi connectivity index (χ0v) is 20.8. The summed E-state index contributed by atoms with van der Waals surface area (Å²) in [6, 6.07) is 19.9. The molecule has 3 heteroatoms. The summed E-state index contributed by atoms with van der Waals surface area (Å²) >= 11 is 1.86. The van der Waals surface area contributed by atoms with Crippen LogP contribution in [0.4, 0.5) is 0 Å². The second-order valence-electron chi connectivity index (χ2n) is 10.3. The molecule has 2 nitrogen and oxygen atoms in total. The van der Waals surface area contributed by atoms with Gasteiger partial charge in [-0.1, -0.05) is 58.9 Å². The summed E-state index contributed by atoms with van der Waals surface area (Å²) < 4.78 is 1.25. The van der Waals surface area contributed by atoms with Gasteiger partial charge in [-0.2, -0.15) is 0 Å². The highest BCUT2D eigenvalue weighted by molar-refractivity contribution is 7.19. The minimum absolute atomic E-state index is 0.0478. The van der Waals surface area contributed by atoms with Crippen LogP contribution in [0, 0.1) is 5.92 Å². The molecule has 0 fully saturated rings. The lowest BCUT2D eigenvalue weighted by Gasteiger charge is -2.22. The largest absolute Gasteiger partial charge is 0.263 e. The van der Waals surface area contributed by atoms with Crippen LogP contribution in [0.25, 0.3) is 43.2 Å². The molecule has 0 saturated carbocycles. The van der Waals surface area contributed by atoms with E-state index in [4.69, 9.17) is 4.98 Å². The van der Waals surface area contributed by atoms with Crippen molar-refractivity contribution in [3.63, 3.8) is 0 Å². The summed E-state index contributed by atoms with van der Waals surface area (Å²) in [7, 11) is 0. The van der Waals surface area contributed by atoms with Crippen molar-refractivity contribution < 1.29 is 0 Å². The van der Waals surface area contributed by atoms with Crippen molar-refractivity contribution in [1.82, 2.24) is 9.97 Å². The van der Waals surface area contributed by atoms with Crippen LogP contribution in [0.15, 0.2) is 73.2 Å². The Morgan fingerprint density at radius 3 is 2.48 bits per heavy atom. The number of rotatable bonds is 4. The van der Waals surface area contributed by atoms with E-state index in [1.54, 1.807) is 0 Å². The first-order valence-electron chi connectivity index (χ1n) is 11.7. The highest BCUT2D eigenvalue weighted by Gasteiger charge is 2.19. The molecule has 0 aliphatic heterocycles. The molecule has 166 valence electrons. The van der Waals surface area contributed by atoms with Gasteiger partial charge in [0.15, 0.2) is 0 Å². The first-order chi connectivity index (χ1) is 15.8. The average Bonchev–Trinajstić information content (AvgIpc) is 3.19. The molecule has 3 heterocycles. The van der Waals surface area contributed by atoms with Gasteiger partial charge < -0.3 is 0 Å². The smallest absolute Gasteiger partial charge is 0.0708 e. The fourth-order valence-corrected chi connectivity index (χ4v) is 5.85. The van der Waals surface area contributed by atoms with Crippen LogP contribution in [0.5, 0.6) is 0 Å². The van der Waals surface area contributed by atoms with Crippen LogP contribution < -0.4 is 0 Å². The maximum atomic E-state index is 4.77. The highest BCUT2D eigenvalue weighted by Crippen LogP contribution is 2.37. The lowest BCUT2D eigenvalue weighted by molar-refractivity contribution is 0.596. The Hall–Kier alpha value is -3.04. The van der Waals surface area contributed by atoms with Gasteiger partial charge in [0, 0.05) is 40.0 Å². The zero-order chi connectivity index (χ0) is 23.2. The SMILES string of the molecule is CC(C)Cc1cc2c(-c3ccnc(-c4cc(C(C)(C)C)c5ccccc5c4)c3)cncc2s1. The number of nitrogens with zero attached hydrogens (tertiary/aromatic N) is 2. The molecule has 0 aliphatic rings. The fraction of sp³-hybridized carbons (Fsp3) is 0.267. The topological polar surface area (TPSA) is 25.8 Å². The molecule has 5 aromatic rings. The van der Waals surface area contributed by atoms with Crippen LogP contribution in [0.1, 0.15) is 45.1 Å². The third kappa shape index (κ3) is 4.30. The van der Waals surface area contributed by atoms with Crippen LogP contribution >= 0.6 is 11.3 Å². The predicted molar refractivity (Wildman–Crippen MR) is 143 cm³/mol. The van der Waals surface area contributed by atoms with E-state index in [1.165, 1.54) is 36.9 Å². The summed E-state index contributed by atoms with van der Waals surface area (Å²) in [5, 5.41) is 3.86. The summed E-state index contributed by atoms with van der Waals surface area (Å²) in [6.07, 6.45) is 7.02. The Kier molecular flexibility index (Phi) is 5.54. The molecular formula is C30H30N2S. The molecule has 3 aromatic heterocycles. The fourth-order valence-electron chi connectivity index (χ4n) is 4.58. The Bertz CT molecular complexity index is 1450. The molecule has 0 bridgehead atoms. The second kappa shape index (κ2) is 8.39. The van der Waals surface area contributed by atoms with Gasteiger partial charge >= 0.3 is 0 Å². The molecule has 0 spiro atoms. The number of hydrogen-bond donors (Lipinski definition) is 0. The predicted octanol–water partition coefficient (Wildman–Crippen LogP) is 8.67. The van der Waals surface area contributed by atoms with Gasteiger partial charge in [0.1, 0.15) is 0 Å². The Morgan fingerprint density at radius 1 is 0.879 bits per heavy atom. The molecule has 0 radical (unpaired) electrons. The summed E-state index contributed by atoms with van der Waals surface area (Å²) in [5.41, 5.74) is 5.90. The number of hydrogen-bond acceptors (Lipinski definition) is 3. The number of pyridine rings is 2. The van der Waals surface area contributed by atoms with Gasteiger partial charge in [0.25, 0.3) is 0 Å². The quantitative estimate of drug-likeness (QED) is 0.274. The maximum Gasteiger partial charge on any atom is 0.0708 e. The number of benzene rings is 2. The molecule has 33 heavy (non-hydrogen) atoms. The molecule has 0 unspecified atom stereocenters. The van der Waals surface area contributed by atoms with Crippen LogP contribution in [0.3, 0.4) is 0 Å². The van der Waals surface area contributed by atoms with Crippen molar-refractivity contribution in [2.75, 3.05) is 0 Å². The van der Waals surface area contributed by atoms with E-state index in [0.29, 0.717) is 5.92 Å². The molecule has 0 N–H and O–H groups in total. The first kappa shape index (κ1) is 21.8. The van der Waals surface area contributed by atoms with Crippen molar-refractivity contribution in [3.8, 4) is 22.4 Å².